The fourth-order valence-electron chi connectivity index (χ4n) is 4.37. The van der Waals surface area contributed by atoms with E-state index in [0.717, 1.165) is 42.6 Å². The molecule has 1 N–H and O–H groups in total. The predicted octanol–water partition coefficient (Wildman–Crippen LogP) is 5.20. The van der Waals surface area contributed by atoms with Gasteiger partial charge in [-0.2, -0.15) is 0 Å². The van der Waals surface area contributed by atoms with Crippen LogP contribution in [-0.4, -0.2) is 29.1 Å². The smallest absolute Gasteiger partial charge is 0.271 e. The van der Waals surface area contributed by atoms with Crippen LogP contribution < -0.4 is 10.1 Å². The number of amides is 1. The van der Waals surface area contributed by atoms with E-state index < -0.39 is 0 Å². The molecule has 1 saturated carbocycles. The van der Waals surface area contributed by atoms with Crippen LogP contribution in [0.5, 0.6) is 5.75 Å². The standard InChI is InChI=1S/C25H37N3O2/c1-6-24-27-21(25(29)26-15-19-9-7-18(4)8-10-19)16-28(24)22-12-11-20(13-17(2)3)14-23(22)30-5/h11-12,14,16-19H,6-10,13,15H2,1-5H3,(H,26,29). The molecule has 164 valence electrons. The van der Waals surface area contributed by atoms with E-state index >= 15 is 0 Å². The van der Waals surface area contributed by atoms with Gasteiger partial charge in [-0.3, -0.25) is 9.36 Å². The Kier molecular flexibility index (Phi) is 7.57. The van der Waals surface area contributed by atoms with Gasteiger partial charge in [-0.25, -0.2) is 4.98 Å². The minimum atomic E-state index is -0.0857. The first kappa shape index (κ1) is 22.4. The number of hydrogen-bond acceptors (Lipinski definition) is 3. The van der Waals surface area contributed by atoms with Gasteiger partial charge in [-0.1, -0.05) is 46.6 Å². The SMILES string of the molecule is CCc1nc(C(=O)NCC2CCC(C)CC2)cn1-c1ccc(CC(C)C)cc1OC. The summed E-state index contributed by atoms with van der Waals surface area (Å²) in [4.78, 5) is 17.4. The van der Waals surface area contributed by atoms with E-state index in [2.05, 4.69) is 56.2 Å². The number of aromatic nitrogens is 2. The summed E-state index contributed by atoms with van der Waals surface area (Å²) < 4.78 is 7.67. The molecule has 1 aromatic carbocycles. The zero-order valence-electron chi connectivity index (χ0n) is 19.2. The molecule has 1 aromatic heterocycles. The molecular weight excluding hydrogens is 374 g/mol. The molecular formula is C25H37N3O2. The number of nitrogens with zero attached hydrogens (tertiary/aromatic N) is 2. The summed E-state index contributed by atoms with van der Waals surface area (Å²) in [5.41, 5.74) is 2.66. The van der Waals surface area contributed by atoms with Gasteiger partial charge in [-0.15, -0.1) is 0 Å². The summed E-state index contributed by atoms with van der Waals surface area (Å²) >= 11 is 0. The Morgan fingerprint density at radius 2 is 2.00 bits per heavy atom. The second kappa shape index (κ2) is 10.1. The number of imidazole rings is 1. The Morgan fingerprint density at radius 3 is 2.63 bits per heavy atom. The Hall–Kier alpha value is -2.30. The second-order valence-electron chi connectivity index (χ2n) is 9.21. The monoisotopic (exact) mass is 411 g/mol. The largest absolute Gasteiger partial charge is 0.495 e. The van der Waals surface area contributed by atoms with Crippen molar-refractivity contribution in [2.75, 3.05) is 13.7 Å². The zero-order valence-corrected chi connectivity index (χ0v) is 19.2. The van der Waals surface area contributed by atoms with E-state index in [9.17, 15) is 4.79 Å². The Bertz CT molecular complexity index is 848. The van der Waals surface area contributed by atoms with E-state index in [1.165, 1.54) is 31.2 Å². The van der Waals surface area contributed by atoms with Gasteiger partial charge in [0, 0.05) is 19.2 Å². The minimum Gasteiger partial charge on any atom is -0.495 e. The molecule has 5 nitrogen and oxygen atoms in total. The summed E-state index contributed by atoms with van der Waals surface area (Å²) in [5, 5.41) is 3.11. The molecule has 2 aromatic rings. The predicted molar refractivity (Wildman–Crippen MR) is 121 cm³/mol. The molecule has 0 bridgehead atoms. The molecule has 1 fully saturated rings. The van der Waals surface area contributed by atoms with E-state index in [4.69, 9.17) is 4.74 Å². The van der Waals surface area contributed by atoms with Gasteiger partial charge in [-0.05, 0) is 54.7 Å². The van der Waals surface area contributed by atoms with Crippen LogP contribution in [-0.2, 0) is 12.8 Å². The highest BCUT2D eigenvalue weighted by Gasteiger charge is 2.21. The summed E-state index contributed by atoms with van der Waals surface area (Å²) in [5.74, 6) is 3.58. The molecule has 1 amide bonds. The third kappa shape index (κ3) is 5.44. The maximum Gasteiger partial charge on any atom is 0.271 e. The van der Waals surface area contributed by atoms with Crippen molar-refractivity contribution in [1.29, 1.82) is 0 Å². The normalized spacial score (nSPS) is 19.1. The number of nitrogens with one attached hydrogen (secondary N) is 1. The summed E-state index contributed by atoms with van der Waals surface area (Å²) in [6.45, 7) is 9.54. The third-order valence-electron chi connectivity index (χ3n) is 6.16. The number of hydrogen-bond donors (Lipinski definition) is 1. The second-order valence-corrected chi connectivity index (χ2v) is 9.21. The summed E-state index contributed by atoms with van der Waals surface area (Å²) in [7, 11) is 1.69. The lowest BCUT2D eigenvalue weighted by molar-refractivity contribution is 0.0937. The first-order valence-electron chi connectivity index (χ1n) is 11.4. The van der Waals surface area contributed by atoms with Crippen LogP contribution in [0.1, 0.15) is 75.3 Å². The van der Waals surface area contributed by atoms with Gasteiger partial charge in [0.15, 0.2) is 0 Å². The maximum atomic E-state index is 12.8. The first-order chi connectivity index (χ1) is 14.4. The van der Waals surface area contributed by atoms with Gasteiger partial charge < -0.3 is 10.1 Å². The van der Waals surface area contributed by atoms with E-state index in [1.807, 2.05) is 10.8 Å². The molecule has 0 radical (unpaired) electrons. The number of carbonyl (C=O) groups is 1. The van der Waals surface area contributed by atoms with Crippen molar-refractivity contribution in [1.82, 2.24) is 14.9 Å². The topological polar surface area (TPSA) is 56.2 Å². The number of ether oxygens (including phenoxy) is 1. The average molecular weight is 412 g/mol. The maximum absolute atomic E-state index is 12.8. The summed E-state index contributed by atoms with van der Waals surface area (Å²) in [6.07, 6.45) is 8.53. The zero-order chi connectivity index (χ0) is 21.7. The number of benzene rings is 1. The molecule has 0 unspecified atom stereocenters. The van der Waals surface area contributed by atoms with Crippen LogP contribution in [0.15, 0.2) is 24.4 Å². The van der Waals surface area contributed by atoms with Gasteiger partial charge in [0.1, 0.15) is 17.3 Å². The lowest BCUT2D eigenvalue weighted by Gasteiger charge is -2.26. The van der Waals surface area contributed by atoms with Gasteiger partial charge >= 0.3 is 0 Å². The number of aryl methyl sites for hydroxylation is 1. The van der Waals surface area contributed by atoms with Crippen LogP contribution in [0.3, 0.4) is 0 Å². The molecule has 1 heterocycles. The van der Waals surface area contributed by atoms with Gasteiger partial charge in [0.05, 0.1) is 12.8 Å². The van der Waals surface area contributed by atoms with E-state index in [0.29, 0.717) is 17.5 Å². The summed E-state index contributed by atoms with van der Waals surface area (Å²) in [6, 6.07) is 6.31. The van der Waals surface area contributed by atoms with Crippen molar-refractivity contribution in [2.24, 2.45) is 17.8 Å². The lowest BCUT2D eigenvalue weighted by Crippen LogP contribution is -2.31. The lowest BCUT2D eigenvalue weighted by atomic mass is 9.83. The highest BCUT2D eigenvalue weighted by Crippen LogP contribution is 2.29. The average Bonchev–Trinajstić information content (AvgIpc) is 3.17. The van der Waals surface area contributed by atoms with Crippen molar-refractivity contribution in [3.63, 3.8) is 0 Å². The quantitative estimate of drug-likeness (QED) is 0.650. The molecule has 5 heteroatoms. The number of carbonyl (C=O) groups excluding carboxylic acids is 1. The van der Waals surface area contributed by atoms with Gasteiger partial charge in [0.25, 0.3) is 5.91 Å². The molecule has 3 rings (SSSR count). The number of rotatable bonds is 8. The molecule has 0 spiro atoms. The van der Waals surface area contributed by atoms with Crippen LogP contribution in [0, 0.1) is 17.8 Å². The van der Waals surface area contributed by atoms with Gasteiger partial charge in [0.2, 0.25) is 0 Å². The molecule has 0 atom stereocenters. The van der Waals surface area contributed by atoms with Crippen LogP contribution in [0.25, 0.3) is 5.69 Å². The highest BCUT2D eigenvalue weighted by atomic mass is 16.5. The molecule has 1 aliphatic rings. The number of methoxy groups -OCH3 is 1. The van der Waals surface area contributed by atoms with Crippen molar-refractivity contribution in [3.8, 4) is 11.4 Å². The van der Waals surface area contributed by atoms with E-state index in [-0.39, 0.29) is 5.91 Å². The first-order valence-corrected chi connectivity index (χ1v) is 11.4. The Labute approximate surface area is 181 Å². The van der Waals surface area contributed by atoms with E-state index in [1.54, 1.807) is 7.11 Å². The van der Waals surface area contributed by atoms with Crippen LogP contribution >= 0.6 is 0 Å². The van der Waals surface area contributed by atoms with Crippen LogP contribution in [0.4, 0.5) is 0 Å². The minimum absolute atomic E-state index is 0.0857. The third-order valence-corrected chi connectivity index (χ3v) is 6.16. The van der Waals surface area contributed by atoms with Crippen LogP contribution in [0.2, 0.25) is 0 Å². The van der Waals surface area contributed by atoms with Crippen molar-refractivity contribution < 1.29 is 9.53 Å². The highest BCUT2D eigenvalue weighted by molar-refractivity contribution is 5.92. The molecule has 0 saturated heterocycles. The fraction of sp³-hybridized carbons (Fsp3) is 0.600. The van der Waals surface area contributed by atoms with Crippen molar-refractivity contribution >= 4 is 5.91 Å². The molecule has 1 aliphatic carbocycles. The Balaban J connectivity index is 1.76. The van der Waals surface area contributed by atoms with Crippen molar-refractivity contribution in [2.45, 2.75) is 66.2 Å². The Morgan fingerprint density at radius 1 is 1.27 bits per heavy atom. The fourth-order valence-corrected chi connectivity index (χ4v) is 4.37. The molecule has 30 heavy (non-hydrogen) atoms. The molecule has 0 aliphatic heterocycles. The van der Waals surface area contributed by atoms with Crippen molar-refractivity contribution in [3.05, 3.63) is 41.5 Å².